The molecule has 1 saturated carbocycles. The van der Waals surface area contributed by atoms with Crippen LogP contribution in [0.3, 0.4) is 0 Å². The molecular weight excluding hydrogens is 221 g/mol. The summed E-state index contributed by atoms with van der Waals surface area (Å²) in [7, 11) is 0. The van der Waals surface area contributed by atoms with Crippen molar-refractivity contribution < 1.29 is 14.6 Å². The highest BCUT2D eigenvalue weighted by Crippen LogP contribution is 2.40. The van der Waals surface area contributed by atoms with Crippen LogP contribution in [0.5, 0.6) is 5.75 Å². The monoisotopic (exact) mass is 239 g/mol. The average Bonchev–Trinajstić information content (AvgIpc) is 2.28. The van der Waals surface area contributed by atoms with Gasteiger partial charge in [-0.25, -0.2) is 4.39 Å². The van der Waals surface area contributed by atoms with Crippen molar-refractivity contribution in [2.75, 3.05) is 0 Å². The molecule has 0 spiro atoms. The highest BCUT2D eigenvalue weighted by atomic mass is 19.1. The maximum absolute atomic E-state index is 13.1. The summed E-state index contributed by atoms with van der Waals surface area (Å²) < 4.78 is 13.1. The summed E-state index contributed by atoms with van der Waals surface area (Å²) in [5, 5.41) is 22.0. The minimum absolute atomic E-state index is 0.130. The highest BCUT2D eigenvalue weighted by Gasteiger charge is 2.46. The van der Waals surface area contributed by atoms with Crippen molar-refractivity contribution in [3.05, 3.63) is 29.6 Å². The van der Waals surface area contributed by atoms with E-state index in [1.54, 1.807) is 6.07 Å². The van der Waals surface area contributed by atoms with Gasteiger partial charge in [-0.2, -0.15) is 0 Å². The Bertz CT molecular complexity index is 420. The quantitative estimate of drug-likeness (QED) is 0.753. The number of phenols is 1. The van der Waals surface area contributed by atoms with Crippen LogP contribution in [0.25, 0.3) is 0 Å². The van der Waals surface area contributed by atoms with Crippen molar-refractivity contribution in [2.24, 2.45) is 5.41 Å². The molecule has 1 aliphatic rings. The third kappa shape index (κ3) is 2.28. The number of benzene rings is 1. The largest absolute Gasteiger partial charge is 0.505 e. The van der Waals surface area contributed by atoms with Crippen LogP contribution in [0.4, 0.5) is 4.39 Å². The van der Waals surface area contributed by atoms with Crippen LogP contribution in [0.1, 0.15) is 25.8 Å². The van der Waals surface area contributed by atoms with Crippen LogP contribution < -0.4 is 5.32 Å². The van der Waals surface area contributed by atoms with E-state index in [2.05, 4.69) is 5.32 Å². The smallest absolute Gasteiger partial charge is 0.165 e. The highest BCUT2D eigenvalue weighted by molar-refractivity contribution is 5.28. The van der Waals surface area contributed by atoms with Gasteiger partial charge in [0.1, 0.15) is 0 Å². The van der Waals surface area contributed by atoms with Gasteiger partial charge in [0.25, 0.3) is 0 Å². The first-order valence-corrected chi connectivity index (χ1v) is 5.80. The molecule has 1 aromatic rings. The number of hydrogen-bond acceptors (Lipinski definition) is 3. The first-order valence-electron chi connectivity index (χ1n) is 5.80. The minimum atomic E-state index is -0.600. The Morgan fingerprint density at radius 2 is 2.18 bits per heavy atom. The molecule has 94 valence electrons. The number of hydrogen-bond donors (Lipinski definition) is 3. The third-order valence-corrected chi connectivity index (χ3v) is 3.78. The van der Waals surface area contributed by atoms with E-state index in [0.717, 1.165) is 12.0 Å². The SMILES string of the molecule is CC1(C)C(O)CC1NCc1ccc(O)c(F)c1. The van der Waals surface area contributed by atoms with Gasteiger partial charge in [-0.3, -0.25) is 0 Å². The molecule has 0 bridgehead atoms. The number of aromatic hydroxyl groups is 1. The number of nitrogens with one attached hydrogen (secondary N) is 1. The first-order chi connectivity index (χ1) is 7.91. The van der Waals surface area contributed by atoms with Gasteiger partial charge in [-0.1, -0.05) is 19.9 Å². The van der Waals surface area contributed by atoms with Gasteiger partial charge < -0.3 is 15.5 Å². The zero-order valence-electron chi connectivity index (χ0n) is 10.1. The molecule has 0 aromatic heterocycles. The van der Waals surface area contributed by atoms with Gasteiger partial charge in [0, 0.05) is 18.0 Å². The van der Waals surface area contributed by atoms with E-state index in [1.165, 1.54) is 12.1 Å². The van der Waals surface area contributed by atoms with E-state index in [1.807, 2.05) is 13.8 Å². The Morgan fingerprint density at radius 1 is 1.47 bits per heavy atom. The second kappa shape index (κ2) is 4.27. The zero-order valence-corrected chi connectivity index (χ0v) is 10.1. The van der Waals surface area contributed by atoms with Crippen molar-refractivity contribution in [3.8, 4) is 5.75 Å². The van der Waals surface area contributed by atoms with Crippen molar-refractivity contribution in [1.82, 2.24) is 5.32 Å². The fourth-order valence-corrected chi connectivity index (χ4v) is 2.15. The summed E-state index contributed by atoms with van der Waals surface area (Å²) in [4.78, 5) is 0. The molecule has 2 atom stereocenters. The zero-order chi connectivity index (χ0) is 12.6. The lowest BCUT2D eigenvalue weighted by atomic mass is 9.64. The number of rotatable bonds is 3. The Kier molecular flexibility index (Phi) is 3.10. The normalized spacial score (nSPS) is 26.6. The lowest BCUT2D eigenvalue weighted by Gasteiger charge is -2.49. The maximum Gasteiger partial charge on any atom is 0.165 e. The van der Waals surface area contributed by atoms with Crippen LogP contribution in [-0.2, 0) is 6.54 Å². The molecule has 2 unspecified atom stereocenters. The number of aliphatic hydroxyl groups is 1. The van der Waals surface area contributed by atoms with Crippen LogP contribution in [-0.4, -0.2) is 22.4 Å². The van der Waals surface area contributed by atoms with Crippen molar-refractivity contribution in [1.29, 1.82) is 0 Å². The van der Waals surface area contributed by atoms with Crippen LogP contribution in [0.15, 0.2) is 18.2 Å². The van der Waals surface area contributed by atoms with Gasteiger partial charge in [0.15, 0.2) is 11.6 Å². The maximum atomic E-state index is 13.1. The predicted molar refractivity (Wildman–Crippen MR) is 63.1 cm³/mol. The fourth-order valence-electron chi connectivity index (χ4n) is 2.15. The molecule has 0 saturated heterocycles. The molecule has 0 heterocycles. The Hall–Kier alpha value is -1.13. The van der Waals surface area contributed by atoms with Gasteiger partial charge in [-0.15, -0.1) is 0 Å². The molecular formula is C13H18FNO2. The fraction of sp³-hybridized carbons (Fsp3) is 0.538. The molecule has 1 aromatic carbocycles. The molecule has 3 N–H and O–H groups in total. The topological polar surface area (TPSA) is 52.5 Å². The van der Waals surface area contributed by atoms with Gasteiger partial charge in [-0.05, 0) is 24.1 Å². The van der Waals surface area contributed by atoms with Gasteiger partial charge in [0.2, 0.25) is 0 Å². The van der Waals surface area contributed by atoms with E-state index < -0.39 is 5.82 Å². The lowest BCUT2D eigenvalue weighted by molar-refractivity contribution is -0.0729. The van der Waals surface area contributed by atoms with E-state index in [4.69, 9.17) is 5.11 Å². The van der Waals surface area contributed by atoms with Crippen molar-refractivity contribution in [3.63, 3.8) is 0 Å². The number of halogens is 1. The predicted octanol–water partition coefficient (Wildman–Crippen LogP) is 1.78. The summed E-state index contributed by atoms with van der Waals surface area (Å²) in [6.45, 7) is 4.56. The van der Waals surface area contributed by atoms with Gasteiger partial charge in [0.05, 0.1) is 6.10 Å². The summed E-state index contributed by atoms with van der Waals surface area (Å²) >= 11 is 0. The van der Waals surface area contributed by atoms with E-state index in [9.17, 15) is 9.50 Å². The van der Waals surface area contributed by atoms with E-state index >= 15 is 0 Å². The lowest BCUT2D eigenvalue weighted by Crippen LogP contribution is -2.59. The second-order valence-corrected chi connectivity index (χ2v) is 5.29. The molecule has 1 aliphatic carbocycles. The van der Waals surface area contributed by atoms with Crippen LogP contribution in [0.2, 0.25) is 0 Å². The number of aliphatic hydroxyl groups excluding tert-OH is 1. The molecule has 2 rings (SSSR count). The van der Waals surface area contributed by atoms with Gasteiger partial charge >= 0.3 is 0 Å². The average molecular weight is 239 g/mol. The number of phenolic OH excluding ortho intramolecular Hbond substituents is 1. The van der Waals surface area contributed by atoms with Crippen molar-refractivity contribution in [2.45, 2.75) is 39.0 Å². The summed E-state index contributed by atoms with van der Waals surface area (Å²) in [6.07, 6.45) is 0.463. The molecule has 0 radical (unpaired) electrons. The molecule has 17 heavy (non-hydrogen) atoms. The van der Waals surface area contributed by atoms with E-state index in [-0.39, 0.29) is 23.3 Å². The van der Waals surface area contributed by atoms with Crippen molar-refractivity contribution >= 4 is 0 Å². The summed E-state index contributed by atoms with van der Waals surface area (Å²) in [5.74, 6) is -0.926. The Balaban J connectivity index is 1.93. The Labute approximate surface area is 100 Å². The third-order valence-electron chi connectivity index (χ3n) is 3.78. The summed E-state index contributed by atoms with van der Waals surface area (Å²) in [6, 6.07) is 4.61. The first kappa shape index (κ1) is 12.3. The molecule has 4 heteroatoms. The Morgan fingerprint density at radius 3 is 2.71 bits per heavy atom. The van der Waals surface area contributed by atoms with E-state index in [0.29, 0.717) is 6.54 Å². The molecule has 0 amide bonds. The second-order valence-electron chi connectivity index (χ2n) is 5.29. The standard InChI is InChI=1S/C13H18FNO2/c1-13(2)11(6-12(13)17)15-7-8-3-4-10(16)9(14)5-8/h3-5,11-12,15-17H,6-7H2,1-2H3. The molecule has 0 aliphatic heterocycles. The minimum Gasteiger partial charge on any atom is -0.505 e. The molecule has 3 nitrogen and oxygen atoms in total. The summed E-state index contributed by atoms with van der Waals surface area (Å²) in [5.41, 5.74) is 0.660. The molecule has 1 fully saturated rings. The van der Waals surface area contributed by atoms with Crippen LogP contribution >= 0.6 is 0 Å². The van der Waals surface area contributed by atoms with Crippen LogP contribution in [0, 0.1) is 11.2 Å².